The Hall–Kier alpha value is -0.880. The topological polar surface area (TPSA) is 59.1 Å². The maximum absolute atomic E-state index is 5.06. The zero-order valence-electron chi connectivity index (χ0n) is 9.75. The Balaban J connectivity index is 2.73. The molecule has 90 valence electrons. The molecular formula is C10H17BrN4O. The molecule has 0 aromatic carbocycles. The molecular weight excluding hydrogens is 272 g/mol. The van der Waals surface area contributed by atoms with Gasteiger partial charge in [-0.05, 0) is 29.8 Å². The van der Waals surface area contributed by atoms with Crippen molar-refractivity contribution in [2.75, 3.05) is 30.9 Å². The maximum atomic E-state index is 5.06. The van der Waals surface area contributed by atoms with Crippen molar-refractivity contribution in [3.05, 3.63) is 10.7 Å². The average molecular weight is 289 g/mol. The van der Waals surface area contributed by atoms with Crippen LogP contribution < -0.4 is 10.6 Å². The first-order valence-corrected chi connectivity index (χ1v) is 5.98. The molecule has 0 saturated carbocycles. The summed E-state index contributed by atoms with van der Waals surface area (Å²) in [4.78, 5) is 8.49. The predicted molar refractivity (Wildman–Crippen MR) is 68.9 cm³/mol. The molecule has 0 bridgehead atoms. The number of nitrogens with zero attached hydrogens (tertiary/aromatic N) is 2. The van der Waals surface area contributed by atoms with E-state index in [1.807, 2.05) is 13.8 Å². The maximum Gasteiger partial charge on any atom is 0.224 e. The molecule has 1 heterocycles. The van der Waals surface area contributed by atoms with E-state index in [1.165, 1.54) is 0 Å². The molecule has 6 heteroatoms. The lowest BCUT2D eigenvalue weighted by Crippen LogP contribution is -2.22. The Kier molecular flexibility index (Phi) is 5.48. The van der Waals surface area contributed by atoms with Crippen LogP contribution in [0.4, 0.5) is 11.8 Å². The van der Waals surface area contributed by atoms with Crippen LogP contribution in [0.3, 0.4) is 0 Å². The van der Waals surface area contributed by atoms with Crippen LogP contribution in [0.2, 0.25) is 0 Å². The van der Waals surface area contributed by atoms with E-state index < -0.39 is 0 Å². The molecule has 0 saturated heterocycles. The van der Waals surface area contributed by atoms with Gasteiger partial charge in [0, 0.05) is 25.9 Å². The Labute approximate surface area is 104 Å². The lowest BCUT2D eigenvalue weighted by atomic mass is 10.3. The first-order valence-electron chi connectivity index (χ1n) is 5.19. The van der Waals surface area contributed by atoms with E-state index >= 15 is 0 Å². The van der Waals surface area contributed by atoms with E-state index in [2.05, 4.69) is 36.5 Å². The molecule has 1 aromatic rings. The van der Waals surface area contributed by atoms with Crippen LogP contribution in [0.25, 0.3) is 0 Å². The van der Waals surface area contributed by atoms with Crippen molar-refractivity contribution in [3.8, 4) is 0 Å². The van der Waals surface area contributed by atoms with Crippen molar-refractivity contribution >= 4 is 27.7 Å². The highest BCUT2D eigenvalue weighted by atomic mass is 79.9. The number of nitrogens with one attached hydrogen (secondary N) is 2. The lowest BCUT2D eigenvalue weighted by molar-refractivity contribution is 0.190. The largest absolute Gasteiger partial charge is 0.383 e. The zero-order valence-corrected chi connectivity index (χ0v) is 11.3. The van der Waals surface area contributed by atoms with Gasteiger partial charge in [-0.25, -0.2) is 4.98 Å². The average Bonchev–Trinajstić information content (AvgIpc) is 2.24. The number of halogens is 1. The third-order valence-electron chi connectivity index (χ3n) is 1.88. The summed E-state index contributed by atoms with van der Waals surface area (Å²) in [7, 11) is 1.68. The summed E-state index contributed by atoms with van der Waals surface area (Å²) in [5, 5.41) is 6.31. The van der Waals surface area contributed by atoms with E-state index in [0.29, 0.717) is 12.6 Å². The van der Waals surface area contributed by atoms with E-state index in [-0.39, 0.29) is 6.04 Å². The lowest BCUT2D eigenvalue weighted by Gasteiger charge is -2.15. The highest BCUT2D eigenvalue weighted by molar-refractivity contribution is 9.10. The third-order valence-corrected chi connectivity index (χ3v) is 2.46. The zero-order chi connectivity index (χ0) is 12.0. The van der Waals surface area contributed by atoms with Crippen LogP contribution in [0, 0.1) is 0 Å². The van der Waals surface area contributed by atoms with Gasteiger partial charge in [0.15, 0.2) is 0 Å². The van der Waals surface area contributed by atoms with Crippen LogP contribution in [-0.4, -0.2) is 36.3 Å². The number of methoxy groups -OCH3 is 1. The second-order valence-electron chi connectivity index (χ2n) is 3.42. The quantitative estimate of drug-likeness (QED) is 0.840. The summed E-state index contributed by atoms with van der Waals surface area (Å²) in [6.07, 6.45) is 1.73. The summed E-state index contributed by atoms with van der Waals surface area (Å²) in [6, 6.07) is 0.200. The standard InChI is InChI=1S/C10H17BrN4O/c1-4-12-10-13-5-8(11)9(15-10)14-7(2)6-16-3/h5,7H,4,6H2,1-3H3,(H2,12,13,14,15). The van der Waals surface area contributed by atoms with Crippen LogP contribution in [-0.2, 0) is 4.74 Å². The molecule has 0 aliphatic rings. The molecule has 0 aliphatic heterocycles. The van der Waals surface area contributed by atoms with Gasteiger partial charge < -0.3 is 15.4 Å². The summed E-state index contributed by atoms with van der Waals surface area (Å²) >= 11 is 3.41. The predicted octanol–water partition coefficient (Wildman–Crippen LogP) is 2.12. The van der Waals surface area contributed by atoms with Gasteiger partial charge in [0.05, 0.1) is 11.1 Å². The summed E-state index contributed by atoms with van der Waals surface area (Å²) in [5.41, 5.74) is 0. The Morgan fingerprint density at radius 2 is 2.31 bits per heavy atom. The summed E-state index contributed by atoms with van der Waals surface area (Å²) < 4.78 is 5.90. The number of aromatic nitrogens is 2. The fourth-order valence-electron chi connectivity index (χ4n) is 1.24. The van der Waals surface area contributed by atoms with Crippen molar-refractivity contribution in [2.24, 2.45) is 0 Å². The minimum Gasteiger partial charge on any atom is -0.383 e. The molecule has 0 radical (unpaired) electrons. The van der Waals surface area contributed by atoms with Gasteiger partial charge in [0.25, 0.3) is 0 Å². The molecule has 1 unspecified atom stereocenters. The molecule has 16 heavy (non-hydrogen) atoms. The van der Waals surface area contributed by atoms with Gasteiger partial charge in [-0.2, -0.15) is 4.98 Å². The van der Waals surface area contributed by atoms with Crippen molar-refractivity contribution in [2.45, 2.75) is 19.9 Å². The van der Waals surface area contributed by atoms with Gasteiger partial charge in [-0.15, -0.1) is 0 Å². The molecule has 1 rings (SSSR count). The molecule has 0 fully saturated rings. The van der Waals surface area contributed by atoms with Crippen LogP contribution in [0.15, 0.2) is 10.7 Å². The Morgan fingerprint density at radius 1 is 1.56 bits per heavy atom. The monoisotopic (exact) mass is 288 g/mol. The smallest absolute Gasteiger partial charge is 0.224 e. The molecule has 1 aromatic heterocycles. The van der Waals surface area contributed by atoms with E-state index in [9.17, 15) is 0 Å². The fraction of sp³-hybridized carbons (Fsp3) is 0.600. The van der Waals surface area contributed by atoms with Crippen molar-refractivity contribution in [1.29, 1.82) is 0 Å². The highest BCUT2D eigenvalue weighted by Crippen LogP contribution is 2.20. The number of anilines is 2. The van der Waals surface area contributed by atoms with Crippen molar-refractivity contribution < 1.29 is 4.74 Å². The first-order chi connectivity index (χ1) is 7.67. The minimum atomic E-state index is 0.200. The number of rotatable bonds is 6. The van der Waals surface area contributed by atoms with Gasteiger partial charge in [0.1, 0.15) is 5.82 Å². The minimum absolute atomic E-state index is 0.200. The summed E-state index contributed by atoms with van der Waals surface area (Å²) in [6.45, 7) is 5.47. The third kappa shape index (κ3) is 3.94. The normalized spacial score (nSPS) is 12.2. The first kappa shape index (κ1) is 13.2. The number of ether oxygens (including phenoxy) is 1. The second kappa shape index (κ2) is 6.65. The molecule has 5 nitrogen and oxygen atoms in total. The second-order valence-corrected chi connectivity index (χ2v) is 4.28. The highest BCUT2D eigenvalue weighted by Gasteiger charge is 2.07. The Bertz CT molecular complexity index is 335. The van der Waals surface area contributed by atoms with Crippen LogP contribution >= 0.6 is 15.9 Å². The van der Waals surface area contributed by atoms with Crippen LogP contribution in [0.1, 0.15) is 13.8 Å². The van der Waals surface area contributed by atoms with Gasteiger partial charge >= 0.3 is 0 Å². The molecule has 1 atom stereocenters. The molecule has 2 N–H and O–H groups in total. The van der Waals surface area contributed by atoms with Gasteiger partial charge in [-0.3, -0.25) is 0 Å². The van der Waals surface area contributed by atoms with Gasteiger partial charge in [-0.1, -0.05) is 0 Å². The number of hydrogen-bond donors (Lipinski definition) is 2. The molecule has 0 spiro atoms. The SMILES string of the molecule is CCNc1ncc(Br)c(NC(C)COC)n1. The van der Waals surface area contributed by atoms with E-state index in [4.69, 9.17) is 4.74 Å². The Morgan fingerprint density at radius 3 is 2.94 bits per heavy atom. The fourth-order valence-corrected chi connectivity index (χ4v) is 1.54. The van der Waals surface area contributed by atoms with Crippen molar-refractivity contribution in [1.82, 2.24) is 9.97 Å². The van der Waals surface area contributed by atoms with Crippen LogP contribution in [0.5, 0.6) is 0 Å². The molecule has 0 amide bonds. The number of hydrogen-bond acceptors (Lipinski definition) is 5. The van der Waals surface area contributed by atoms with E-state index in [1.54, 1.807) is 13.3 Å². The molecule has 0 aliphatic carbocycles. The van der Waals surface area contributed by atoms with Crippen molar-refractivity contribution in [3.63, 3.8) is 0 Å². The van der Waals surface area contributed by atoms with Gasteiger partial charge in [0.2, 0.25) is 5.95 Å². The van der Waals surface area contributed by atoms with E-state index in [0.717, 1.165) is 16.8 Å². The summed E-state index contributed by atoms with van der Waals surface area (Å²) in [5.74, 6) is 1.40.